The first-order valence-corrected chi connectivity index (χ1v) is 5.88. The molecule has 0 aromatic carbocycles. The van der Waals surface area contributed by atoms with Gasteiger partial charge in [0.2, 0.25) is 0 Å². The van der Waals surface area contributed by atoms with E-state index in [2.05, 4.69) is 10.3 Å². The van der Waals surface area contributed by atoms with Gasteiger partial charge in [0.15, 0.2) is 0 Å². The quantitative estimate of drug-likeness (QED) is 0.805. The molecule has 2 heterocycles. The molecule has 0 spiro atoms. The van der Waals surface area contributed by atoms with Crippen LogP contribution in [0.15, 0.2) is 18.5 Å². The summed E-state index contributed by atoms with van der Waals surface area (Å²) < 4.78 is 0. The lowest BCUT2D eigenvalue weighted by molar-refractivity contribution is 0.0703. The Kier molecular flexibility index (Phi) is 3.58. The number of nitrogens with zero attached hydrogens (tertiary/aromatic N) is 2. The molecule has 1 aliphatic rings. The SMILES string of the molecule is CCN(C(=O)c1cncc(O)c1)C1CCNC1. The van der Waals surface area contributed by atoms with Gasteiger partial charge in [-0.05, 0) is 26.0 Å². The van der Waals surface area contributed by atoms with E-state index in [1.165, 1.54) is 18.5 Å². The van der Waals surface area contributed by atoms with E-state index in [0.717, 1.165) is 19.5 Å². The zero-order valence-corrected chi connectivity index (χ0v) is 9.89. The highest BCUT2D eigenvalue weighted by Gasteiger charge is 2.26. The number of amides is 1. The highest BCUT2D eigenvalue weighted by Crippen LogP contribution is 2.15. The van der Waals surface area contributed by atoms with E-state index in [1.807, 2.05) is 11.8 Å². The Labute approximate surface area is 100 Å². The summed E-state index contributed by atoms with van der Waals surface area (Å²) in [6.07, 6.45) is 3.79. The molecule has 1 unspecified atom stereocenters. The molecule has 5 heteroatoms. The van der Waals surface area contributed by atoms with Crippen molar-refractivity contribution >= 4 is 5.91 Å². The Balaban J connectivity index is 2.16. The lowest BCUT2D eigenvalue weighted by Crippen LogP contribution is -2.41. The van der Waals surface area contributed by atoms with Crippen molar-refractivity contribution < 1.29 is 9.90 Å². The fourth-order valence-electron chi connectivity index (χ4n) is 2.18. The maximum atomic E-state index is 12.3. The minimum absolute atomic E-state index is 0.0245. The van der Waals surface area contributed by atoms with Gasteiger partial charge >= 0.3 is 0 Å². The normalized spacial score (nSPS) is 19.2. The molecular formula is C12H17N3O2. The summed E-state index contributed by atoms with van der Waals surface area (Å²) in [5, 5.41) is 12.6. The second kappa shape index (κ2) is 5.14. The molecule has 1 aromatic rings. The van der Waals surface area contributed by atoms with Crippen LogP contribution in [0.1, 0.15) is 23.7 Å². The zero-order valence-electron chi connectivity index (χ0n) is 9.89. The number of carbonyl (C=O) groups excluding carboxylic acids is 1. The van der Waals surface area contributed by atoms with Gasteiger partial charge in [0.25, 0.3) is 5.91 Å². The molecule has 1 amide bonds. The van der Waals surface area contributed by atoms with Gasteiger partial charge in [-0.25, -0.2) is 0 Å². The van der Waals surface area contributed by atoms with Gasteiger partial charge in [-0.2, -0.15) is 0 Å². The van der Waals surface area contributed by atoms with Gasteiger partial charge in [0.1, 0.15) is 5.75 Å². The van der Waals surface area contributed by atoms with E-state index in [9.17, 15) is 9.90 Å². The van der Waals surface area contributed by atoms with Gasteiger partial charge < -0.3 is 15.3 Å². The minimum atomic E-state index is -0.0652. The zero-order chi connectivity index (χ0) is 12.3. The van der Waals surface area contributed by atoms with Crippen LogP contribution in [0, 0.1) is 0 Å². The van der Waals surface area contributed by atoms with E-state index in [-0.39, 0.29) is 17.7 Å². The summed E-state index contributed by atoms with van der Waals surface area (Å²) in [5.41, 5.74) is 0.443. The third-order valence-electron chi connectivity index (χ3n) is 3.05. The second-order valence-electron chi connectivity index (χ2n) is 4.17. The summed E-state index contributed by atoms with van der Waals surface area (Å²) in [7, 11) is 0. The molecular weight excluding hydrogens is 218 g/mol. The predicted octanol–water partition coefficient (Wildman–Crippen LogP) is 0.611. The molecule has 0 saturated carbocycles. The number of aromatic nitrogens is 1. The molecule has 17 heavy (non-hydrogen) atoms. The Morgan fingerprint density at radius 1 is 1.65 bits per heavy atom. The van der Waals surface area contributed by atoms with Crippen LogP contribution in [0.25, 0.3) is 0 Å². The van der Waals surface area contributed by atoms with Crippen molar-refractivity contribution in [2.75, 3.05) is 19.6 Å². The van der Waals surface area contributed by atoms with E-state index in [1.54, 1.807) is 0 Å². The third kappa shape index (κ3) is 2.55. The maximum Gasteiger partial charge on any atom is 0.255 e. The van der Waals surface area contributed by atoms with Crippen LogP contribution in [0.3, 0.4) is 0 Å². The highest BCUT2D eigenvalue weighted by molar-refractivity contribution is 5.94. The van der Waals surface area contributed by atoms with E-state index >= 15 is 0 Å². The lowest BCUT2D eigenvalue weighted by Gasteiger charge is -2.27. The molecule has 0 bridgehead atoms. The number of likely N-dealkylation sites (N-methyl/N-ethyl adjacent to an activating group) is 1. The predicted molar refractivity (Wildman–Crippen MR) is 63.9 cm³/mol. The van der Waals surface area contributed by atoms with E-state index in [4.69, 9.17) is 0 Å². The summed E-state index contributed by atoms with van der Waals surface area (Å²) >= 11 is 0. The standard InChI is InChI=1S/C12H17N3O2/c1-2-15(10-3-4-13-7-10)12(17)9-5-11(16)8-14-6-9/h5-6,8,10,13,16H,2-4,7H2,1H3. The number of aromatic hydroxyl groups is 1. The van der Waals surface area contributed by atoms with Crippen LogP contribution in [-0.2, 0) is 0 Å². The van der Waals surface area contributed by atoms with Gasteiger partial charge in [-0.3, -0.25) is 9.78 Å². The average molecular weight is 235 g/mol. The molecule has 92 valence electrons. The number of rotatable bonds is 3. The summed E-state index contributed by atoms with van der Waals surface area (Å²) in [6, 6.07) is 1.70. The van der Waals surface area contributed by atoms with Crippen molar-refractivity contribution in [2.24, 2.45) is 0 Å². The van der Waals surface area contributed by atoms with Gasteiger partial charge in [-0.1, -0.05) is 0 Å². The van der Waals surface area contributed by atoms with Crippen LogP contribution >= 0.6 is 0 Å². The summed E-state index contributed by atoms with van der Waals surface area (Å²) in [6.45, 7) is 4.42. The van der Waals surface area contributed by atoms with E-state index < -0.39 is 0 Å². The Morgan fingerprint density at radius 2 is 2.47 bits per heavy atom. The Bertz CT molecular complexity index is 402. The molecule has 5 nitrogen and oxygen atoms in total. The second-order valence-corrected chi connectivity index (χ2v) is 4.17. The van der Waals surface area contributed by atoms with Crippen LogP contribution < -0.4 is 5.32 Å². The van der Waals surface area contributed by atoms with Crippen LogP contribution in [-0.4, -0.2) is 46.6 Å². The van der Waals surface area contributed by atoms with Crippen molar-refractivity contribution in [2.45, 2.75) is 19.4 Å². The maximum absolute atomic E-state index is 12.3. The molecule has 1 aliphatic heterocycles. The molecule has 1 saturated heterocycles. The van der Waals surface area contributed by atoms with Crippen LogP contribution in [0.2, 0.25) is 0 Å². The minimum Gasteiger partial charge on any atom is -0.506 e. The topological polar surface area (TPSA) is 65.5 Å². The molecule has 0 radical (unpaired) electrons. The molecule has 1 aromatic heterocycles. The largest absolute Gasteiger partial charge is 0.506 e. The highest BCUT2D eigenvalue weighted by atomic mass is 16.3. The number of carbonyl (C=O) groups is 1. The monoisotopic (exact) mass is 235 g/mol. The van der Waals surface area contributed by atoms with Gasteiger partial charge in [0.05, 0.1) is 11.8 Å². The molecule has 2 N–H and O–H groups in total. The first-order chi connectivity index (χ1) is 8.22. The summed E-state index contributed by atoms with van der Waals surface area (Å²) in [4.78, 5) is 17.9. The molecule has 1 fully saturated rings. The Morgan fingerprint density at radius 3 is 3.06 bits per heavy atom. The number of nitrogens with one attached hydrogen (secondary N) is 1. The average Bonchev–Trinajstić information content (AvgIpc) is 2.83. The number of pyridine rings is 1. The lowest BCUT2D eigenvalue weighted by atomic mass is 10.1. The van der Waals surface area contributed by atoms with E-state index in [0.29, 0.717) is 12.1 Å². The first-order valence-electron chi connectivity index (χ1n) is 5.88. The van der Waals surface area contributed by atoms with Crippen molar-refractivity contribution in [3.63, 3.8) is 0 Å². The fraction of sp³-hybridized carbons (Fsp3) is 0.500. The van der Waals surface area contributed by atoms with Crippen molar-refractivity contribution in [1.29, 1.82) is 0 Å². The van der Waals surface area contributed by atoms with Gasteiger partial charge in [-0.15, -0.1) is 0 Å². The van der Waals surface area contributed by atoms with Crippen molar-refractivity contribution in [3.8, 4) is 5.75 Å². The molecule has 1 atom stereocenters. The summed E-state index contributed by atoms with van der Waals surface area (Å²) in [5.74, 6) is -0.0407. The fourth-order valence-corrected chi connectivity index (χ4v) is 2.18. The third-order valence-corrected chi connectivity index (χ3v) is 3.05. The van der Waals surface area contributed by atoms with Crippen LogP contribution in [0.4, 0.5) is 0 Å². The van der Waals surface area contributed by atoms with Crippen molar-refractivity contribution in [3.05, 3.63) is 24.0 Å². The number of hydrogen-bond donors (Lipinski definition) is 2. The molecule has 2 rings (SSSR count). The Hall–Kier alpha value is -1.62. The first kappa shape index (κ1) is 11.9. The number of hydrogen-bond acceptors (Lipinski definition) is 4. The van der Waals surface area contributed by atoms with Crippen LogP contribution in [0.5, 0.6) is 5.75 Å². The van der Waals surface area contributed by atoms with Crippen molar-refractivity contribution in [1.82, 2.24) is 15.2 Å². The van der Waals surface area contributed by atoms with Gasteiger partial charge in [0, 0.05) is 25.3 Å². The molecule has 0 aliphatic carbocycles. The smallest absolute Gasteiger partial charge is 0.255 e.